The minimum Gasteiger partial charge on any atom is -0.484 e. The van der Waals surface area contributed by atoms with E-state index in [1.165, 1.54) is 28.9 Å². The molecule has 2 fully saturated rings. The summed E-state index contributed by atoms with van der Waals surface area (Å²) >= 11 is 0. The van der Waals surface area contributed by atoms with E-state index in [1.54, 1.807) is 12.1 Å². The van der Waals surface area contributed by atoms with Crippen molar-refractivity contribution in [3.63, 3.8) is 0 Å². The van der Waals surface area contributed by atoms with Crippen molar-refractivity contribution in [2.24, 2.45) is 0 Å². The molecular formula is C25H33N3O4S. The first-order valence-electron chi connectivity index (χ1n) is 11.7. The zero-order valence-corrected chi connectivity index (χ0v) is 20.2. The second-order valence-electron chi connectivity index (χ2n) is 8.95. The van der Waals surface area contributed by atoms with E-state index < -0.39 is 10.0 Å². The fourth-order valence-electron chi connectivity index (χ4n) is 4.56. The number of ether oxygens (including phenoxy) is 1. The van der Waals surface area contributed by atoms with Crippen LogP contribution in [0.1, 0.15) is 36.8 Å². The van der Waals surface area contributed by atoms with Gasteiger partial charge in [-0.3, -0.25) is 4.79 Å². The second kappa shape index (κ2) is 10.1. The van der Waals surface area contributed by atoms with E-state index in [0.29, 0.717) is 18.8 Å². The van der Waals surface area contributed by atoms with Crippen molar-refractivity contribution in [2.45, 2.75) is 50.5 Å². The van der Waals surface area contributed by atoms with Gasteiger partial charge in [0.2, 0.25) is 10.0 Å². The van der Waals surface area contributed by atoms with Gasteiger partial charge in [-0.1, -0.05) is 25.0 Å². The highest BCUT2D eigenvalue weighted by atomic mass is 32.2. The van der Waals surface area contributed by atoms with Crippen LogP contribution in [0.2, 0.25) is 0 Å². The summed E-state index contributed by atoms with van der Waals surface area (Å²) in [6, 6.07) is 12.6. The molecule has 1 saturated carbocycles. The first kappa shape index (κ1) is 23.6. The van der Waals surface area contributed by atoms with Crippen molar-refractivity contribution in [1.82, 2.24) is 9.62 Å². The molecule has 0 radical (unpaired) electrons. The summed E-state index contributed by atoms with van der Waals surface area (Å²) in [5.74, 6) is 0.424. The van der Waals surface area contributed by atoms with E-state index in [0.717, 1.165) is 38.8 Å². The molecule has 0 bridgehead atoms. The third-order valence-electron chi connectivity index (χ3n) is 6.72. The molecule has 0 aromatic heterocycles. The van der Waals surface area contributed by atoms with Crippen LogP contribution in [0, 0.1) is 13.8 Å². The van der Waals surface area contributed by atoms with E-state index in [-0.39, 0.29) is 23.5 Å². The predicted molar refractivity (Wildman–Crippen MR) is 129 cm³/mol. The maximum atomic E-state index is 12.6. The summed E-state index contributed by atoms with van der Waals surface area (Å²) in [4.78, 5) is 17.0. The van der Waals surface area contributed by atoms with E-state index >= 15 is 0 Å². The third kappa shape index (κ3) is 5.68. The van der Waals surface area contributed by atoms with Gasteiger partial charge < -0.3 is 14.5 Å². The number of rotatable bonds is 7. The Kier molecular flexibility index (Phi) is 7.24. The number of nitrogens with zero attached hydrogens (tertiary/aromatic N) is 2. The van der Waals surface area contributed by atoms with Crippen molar-refractivity contribution < 1.29 is 17.9 Å². The Morgan fingerprint density at radius 3 is 2.33 bits per heavy atom. The molecule has 2 aromatic carbocycles. The molecule has 0 unspecified atom stereocenters. The fourth-order valence-corrected chi connectivity index (χ4v) is 5.86. The van der Waals surface area contributed by atoms with Gasteiger partial charge in [0, 0.05) is 37.9 Å². The summed E-state index contributed by atoms with van der Waals surface area (Å²) in [5, 5.41) is 0. The summed E-state index contributed by atoms with van der Waals surface area (Å²) < 4.78 is 33.5. The number of anilines is 1. The summed E-state index contributed by atoms with van der Waals surface area (Å²) in [6.45, 7) is 7.07. The third-order valence-corrected chi connectivity index (χ3v) is 8.26. The largest absolute Gasteiger partial charge is 0.484 e. The topological polar surface area (TPSA) is 79.0 Å². The fraction of sp³-hybridized carbons (Fsp3) is 0.480. The number of sulfonamides is 1. The van der Waals surface area contributed by atoms with Gasteiger partial charge in [0.25, 0.3) is 5.91 Å². The van der Waals surface area contributed by atoms with Crippen LogP contribution in [0.5, 0.6) is 5.75 Å². The standard InChI is InChI=1S/C25H33N3O4S/c1-19-6-5-9-24(20(19)2)27-14-16-28(17-15-27)25(29)18-32-22-10-12-23(13-11-22)33(30,31)26-21-7-3-4-8-21/h5-6,9-13,21,26H,3-4,7-8,14-18H2,1-2H3. The maximum absolute atomic E-state index is 12.6. The van der Waals surface area contributed by atoms with Gasteiger partial charge in [0.15, 0.2) is 6.61 Å². The molecule has 2 aromatic rings. The average molecular weight is 472 g/mol. The minimum atomic E-state index is -3.53. The highest BCUT2D eigenvalue weighted by molar-refractivity contribution is 7.89. The zero-order chi connectivity index (χ0) is 23.4. The smallest absolute Gasteiger partial charge is 0.260 e. The van der Waals surface area contributed by atoms with Gasteiger partial charge in [-0.05, 0) is 68.1 Å². The van der Waals surface area contributed by atoms with E-state index in [9.17, 15) is 13.2 Å². The van der Waals surface area contributed by atoms with Crippen LogP contribution < -0.4 is 14.4 Å². The Bertz CT molecular complexity index is 1070. The summed E-state index contributed by atoms with van der Waals surface area (Å²) in [7, 11) is -3.53. The highest BCUT2D eigenvalue weighted by Crippen LogP contribution is 2.24. The number of amides is 1. The molecule has 8 heteroatoms. The lowest BCUT2D eigenvalue weighted by Gasteiger charge is -2.37. The Labute approximate surface area is 196 Å². The summed E-state index contributed by atoms with van der Waals surface area (Å²) in [5.41, 5.74) is 3.79. The first-order valence-corrected chi connectivity index (χ1v) is 13.2. The number of aryl methyl sites for hydroxylation is 1. The number of hydrogen-bond donors (Lipinski definition) is 1. The van der Waals surface area contributed by atoms with E-state index in [1.807, 2.05) is 4.90 Å². The zero-order valence-electron chi connectivity index (χ0n) is 19.4. The molecule has 0 spiro atoms. The second-order valence-corrected chi connectivity index (χ2v) is 10.7. The average Bonchev–Trinajstić information content (AvgIpc) is 3.32. The predicted octanol–water partition coefficient (Wildman–Crippen LogP) is 3.25. The molecule has 178 valence electrons. The molecule has 7 nitrogen and oxygen atoms in total. The normalized spacial score (nSPS) is 17.4. The molecule has 1 heterocycles. The van der Waals surface area contributed by atoms with E-state index in [4.69, 9.17) is 4.74 Å². The van der Waals surface area contributed by atoms with Crippen molar-refractivity contribution in [3.05, 3.63) is 53.6 Å². The van der Waals surface area contributed by atoms with Crippen LogP contribution in [0.3, 0.4) is 0 Å². The van der Waals surface area contributed by atoms with Crippen LogP contribution in [-0.2, 0) is 14.8 Å². The Balaban J connectivity index is 1.26. The van der Waals surface area contributed by atoms with Gasteiger partial charge in [-0.25, -0.2) is 13.1 Å². The van der Waals surface area contributed by atoms with Crippen molar-refractivity contribution in [3.8, 4) is 5.75 Å². The number of benzene rings is 2. The molecular weight excluding hydrogens is 438 g/mol. The number of carbonyl (C=O) groups excluding carboxylic acids is 1. The van der Waals surface area contributed by atoms with E-state index in [2.05, 4.69) is 41.7 Å². The lowest BCUT2D eigenvalue weighted by Crippen LogP contribution is -2.50. The van der Waals surface area contributed by atoms with Gasteiger partial charge in [-0.2, -0.15) is 0 Å². The Morgan fingerprint density at radius 1 is 1.00 bits per heavy atom. The summed E-state index contributed by atoms with van der Waals surface area (Å²) in [6.07, 6.45) is 3.91. The Hall–Kier alpha value is -2.58. The van der Waals surface area contributed by atoms with Crippen LogP contribution in [-0.4, -0.2) is 58.1 Å². The monoisotopic (exact) mass is 471 g/mol. The van der Waals surface area contributed by atoms with Gasteiger partial charge in [0.05, 0.1) is 4.90 Å². The first-order chi connectivity index (χ1) is 15.8. The lowest BCUT2D eigenvalue weighted by atomic mass is 10.1. The molecule has 1 saturated heterocycles. The van der Waals surface area contributed by atoms with Crippen LogP contribution in [0.25, 0.3) is 0 Å². The highest BCUT2D eigenvalue weighted by Gasteiger charge is 2.24. The molecule has 1 amide bonds. The van der Waals surface area contributed by atoms with Crippen LogP contribution in [0.15, 0.2) is 47.4 Å². The van der Waals surface area contributed by atoms with Crippen LogP contribution in [0.4, 0.5) is 5.69 Å². The molecule has 0 atom stereocenters. The minimum absolute atomic E-state index is 0.0267. The molecule has 33 heavy (non-hydrogen) atoms. The van der Waals surface area contributed by atoms with Crippen LogP contribution >= 0.6 is 0 Å². The van der Waals surface area contributed by atoms with Gasteiger partial charge in [-0.15, -0.1) is 0 Å². The quantitative estimate of drug-likeness (QED) is 0.671. The van der Waals surface area contributed by atoms with Crippen molar-refractivity contribution in [2.75, 3.05) is 37.7 Å². The molecule has 1 aliphatic heterocycles. The number of piperazine rings is 1. The Morgan fingerprint density at radius 2 is 1.67 bits per heavy atom. The number of nitrogens with one attached hydrogen (secondary N) is 1. The van der Waals surface area contributed by atoms with Crippen molar-refractivity contribution >= 4 is 21.6 Å². The molecule has 2 aliphatic rings. The molecule has 4 rings (SSSR count). The van der Waals surface area contributed by atoms with Crippen molar-refractivity contribution in [1.29, 1.82) is 0 Å². The van der Waals surface area contributed by atoms with Gasteiger partial charge in [0.1, 0.15) is 5.75 Å². The van der Waals surface area contributed by atoms with Gasteiger partial charge >= 0.3 is 0 Å². The molecule has 1 N–H and O–H groups in total. The molecule has 1 aliphatic carbocycles. The SMILES string of the molecule is Cc1cccc(N2CCN(C(=O)COc3ccc(S(=O)(=O)NC4CCCC4)cc3)CC2)c1C. The maximum Gasteiger partial charge on any atom is 0.260 e. The number of hydrogen-bond acceptors (Lipinski definition) is 5. The number of carbonyl (C=O) groups is 1. The lowest BCUT2D eigenvalue weighted by molar-refractivity contribution is -0.133.